The van der Waals surface area contributed by atoms with Gasteiger partial charge in [0.25, 0.3) is 5.91 Å². The van der Waals surface area contributed by atoms with Gasteiger partial charge in [0.2, 0.25) is 11.8 Å². The molecular weight excluding hydrogens is 413 g/mol. The Morgan fingerprint density at radius 3 is 2.62 bits per heavy atom. The summed E-state index contributed by atoms with van der Waals surface area (Å²) in [4.78, 5) is 38.4. The smallest absolute Gasteiger partial charge is 0.284 e. The molecule has 4 rings (SSSR count). The monoisotopic (exact) mass is 435 g/mol. The molecule has 1 saturated heterocycles. The van der Waals surface area contributed by atoms with Gasteiger partial charge in [0, 0.05) is 24.7 Å². The topological polar surface area (TPSA) is 106 Å². The van der Waals surface area contributed by atoms with Crippen LogP contribution in [0.25, 0.3) is 11.3 Å². The predicted octanol–water partition coefficient (Wildman–Crippen LogP) is 3.65. The van der Waals surface area contributed by atoms with Crippen molar-refractivity contribution < 1.29 is 23.2 Å². The molecule has 1 aliphatic heterocycles. The second-order valence-corrected chi connectivity index (χ2v) is 7.86. The van der Waals surface area contributed by atoms with E-state index in [-0.39, 0.29) is 24.0 Å². The fourth-order valence-electron chi connectivity index (χ4n) is 4.01. The molecule has 3 N–H and O–H groups in total. The summed E-state index contributed by atoms with van der Waals surface area (Å²) < 4.78 is 19.3. The molecule has 2 unspecified atom stereocenters. The van der Waals surface area contributed by atoms with E-state index in [4.69, 9.17) is 10.2 Å². The minimum absolute atomic E-state index is 0.0302. The number of anilines is 1. The molecule has 3 aromatic rings. The first kappa shape index (κ1) is 21.3. The maximum atomic E-state index is 13.8. The van der Waals surface area contributed by atoms with Crippen molar-refractivity contribution in [3.63, 3.8) is 0 Å². The second kappa shape index (κ2) is 8.30. The highest BCUT2D eigenvalue weighted by molar-refractivity contribution is 5.99. The summed E-state index contributed by atoms with van der Waals surface area (Å²) in [6, 6.07) is 13.8. The third kappa shape index (κ3) is 3.99. The quantitative estimate of drug-likeness (QED) is 0.638. The van der Waals surface area contributed by atoms with E-state index in [1.54, 1.807) is 37.4 Å². The Morgan fingerprint density at radius 2 is 1.94 bits per heavy atom. The van der Waals surface area contributed by atoms with Gasteiger partial charge in [-0.1, -0.05) is 24.3 Å². The van der Waals surface area contributed by atoms with Crippen molar-refractivity contribution in [1.82, 2.24) is 4.90 Å². The molecule has 8 heteroatoms. The zero-order valence-corrected chi connectivity index (χ0v) is 17.6. The van der Waals surface area contributed by atoms with Gasteiger partial charge in [-0.15, -0.1) is 0 Å². The molecule has 0 bridgehead atoms. The van der Waals surface area contributed by atoms with E-state index in [9.17, 15) is 18.8 Å². The third-order valence-electron chi connectivity index (χ3n) is 5.74. The average Bonchev–Trinajstić information content (AvgIpc) is 3.35. The van der Waals surface area contributed by atoms with Gasteiger partial charge in [0.05, 0.1) is 12.0 Å². The molecule has 3 amide bonds. The summed E-state index contributed by atoms with van der Waals surface area (Å²) in [5.41, 5.74) is 7.82. The number of nitrogens with one attached hydrogen (secondary N) is 1. The Balaban J connectivity index is 1.61. The fraction of sp³-hybridized carbons (Fsp3) is 0.208. The van der Waals surface area contributed by atoms with Crippen molar-refractivity contribution in [2.45, 2.75) is 19.4 Å². The molecule has 1 fully saturated rings. The zero-order chi connectivity index (χ0) is 23.0. The summed E-state index contributed by atoms with van der Waals surface area (Å²) in [6.07, 6.45) is 0.0302. The van der Waals surface area contributed by atoms with Gasteiger partial charge in [-0.25, -0.2) is 4.39 Å². The highest BCUT2D eigenvalue weighted by atomic mass is 19.1. The number of benzene rings is 2. The van der Waals surface area contributed by atoms with Crippen LogP contribution in [0.5, 0.6) is 0 Å². The number of carbonyl (C=O) groups excluding carboxylic acids is 3. The number of rotatable bonds is 5. The van der Waals surface area contributed by atoms with Crippen LogP contribution >= 0.6 is 0 Å². The first-order chi connectivity index (χ1) is 15.2. The number of amides is 3. The summed E-state index contributed by atoms with van der Waals surface area (Å²) in [5, 5.41) is 2.90. The summed E-state index contributed by atoms with van der Waals surface area (Å²) in [7, 11) is 1.62. The van der Waals surface area contributed by atoms with Gasteiger partial charge in [0.15, 0.2) is 5.76 Å². The highest BCUT2D eigenvalue weighted by Crippen LogP contribution is 2.38. The number of furan rings is 1. The molecule has 0 saturated carbocycles. The number of primary amides is 1. The van der Waals surface area contributed by atoms with E-state index in [2.05, 4.69) is 5.32 Å². The van der Waals surface area contributed by atoms with E-state index >= 15 is 0 Å². The molecule has 1 aliphatic rings. The Kier molecular flexibility index (Phi) is 5.52. The van der Waals surface area contributed by atoms with Crippen molar-refractivity contribution in [3.05, 3.63) is 77.3 Å². The van der Waals surface area contributed by atoms with Gasteiger partial charge in [-0.2, -0.15) is 0 Å². The van der Waals surface area contributed by atoms with E-state index in [1.165, 1.54) is 23.1 Å². The summed E-state index contributed by atoms with van der Waals surface area (Å²) in [5.74, 6) is -1.82. The normalized spacial score (nSPS) is 18.1. The maximum absolute atomic E-state index is 13.8. The Labute approximate surface area is 184 Å². The molecule has 32 heavy (non-hydrogen) atoms. The van der Waals surface area contributed by atoms with E-state index in [1.807, 2.05) is 13.0 Å². The van der Waals surface area contributed by atoms with E-state index < -0.39 is 23.7 Å². The molecular formula is C24H22FN3O4. The molecule has 164 valence electrons. The van der Waals surface area contributed by atoms with Gasteiger partial charge in [0.1, 0.15) is 11.6 Å². The lowest BCUT2D eigenvalue weighted by Gasteiger charge is -2.25. The first-order valence-corrected chi connectivity index (χ1v) is 10.1. The van der Waals surface area contributed by atoms with Crippen molar-refractivity contribution in [2.75, 3.05) is 12.4 Å². The van der Waals surface area contributed by atoms with Crippen LogP contribution in [0.4, 0.5) is 10.1 Å². The minimum atomic E-state index is -0.678. The second-order valence-electron chi connectivity index (χ2n) is 7.86. The maximum Gasteiger partial charge on any atom is 0.284 e. The lowest BCUT2D eigenvalue weighted by molar-refractivity contribution is -0.128. The molecule has 0 aliphatic carbocycles. The number of aryl methyl sites for hydroxylation is 1. The van der Waals surface area contributed by atoms with Crippen molar-refractivity contribution in [1.29, 1.82) is 0 Å². The highest BCUT2D eigenvalue weighted by Gasteiger charge is 2.42. The van der Waals surface area contributed by atoms with Gasteiger partial charge < -0.3 is 20.4 Å². The van der Waals surface area contributed by atoms with Crippen LogP contribution in [0.3, 0.4) is 0 Å². The van der Waals surface area contributed by atoms with Crippen LogP contribution in [0.2, 0.25) is 0 Å². The van der Waals surface area contributed by atoms with Crippen LogP contribution < -0.4 is 11.1 Å². The van der Waals surface area contributed by atoms with Gasteiger partial charge in [-0.3, -0.25) is 14.4 Å². The van der Waals surface area contributed by atoms with Gasteiger partial charge >= 0.3 is 0 Å². The Bertz CT molecular complexity index is 1220. The van der Waals surface area contributed by atoms with Crippen LogP contribution in [0, 0.1) is 18.7 Å². The summed E-state index contributed by atoms with van der Waals surface area (Å²) in [6.45, 7) is 1.84. The molecule has 7 nitrogen and oxygen atoms in total. The fourth-order valence-corrected chi connectivity index (χ4v) is 4.01. The van der Waals surface area contributed by atoms with E-state index in [0.29, 0.717) is 22.6 Å². The number of nitrogens with zero attached hydrogens (tertiary/aromatic N) is 1. The van der Waals surface area contributed by atoms with Crippen LogP contribution in [0.15, 0.2) is 59.0 Å². The largest absolute Gasteiger partial charge is 0.451 e. The average molecular weight is 435 g/mol. The van der Waals surface area contributed by atoms with Crippen molar-refractivity contribution >= 4 is 23.4 Å². The van der Waals surface area contributed by atoms with Crippen LogP contribution in [-0.4, -0.2) is 29.7 Å². The van der Waals surface area contributed by atoms with Crippen LogP contribution in [-0.2, 0) is 9.59 Å². The number of halogens is 1. The minimum Gasteiger partial charge on any atom is -0.451 e. The standard InChI is InChI=1S/C24H22FN3O4/c1-13-6-7-14(19-8-9-20(32-19)23(26)30)11-18(13)27-24(31)17-12-21(29)28(2)22(17)15-4-3-5-16(25)10-15/h3-11,17,22H,12H2,1-2H3,(H2,26,30)(H,27,31). The molecule has 0 radical (unpaired) electrons. The van der Waals surface area contributed by atoms with Crippen molar-refractivity contribution in [3.8, 4) is 11.3 Å². The number of hydrogen-bond donors (Lipinski definition) is 2. The first-order valence-electron chi connectivity index (χ1n) is 10.1. The molecule has 2 aromatic carbocycles. The lowest BCUT2D eigenvalue weighted by Crippen LogP contribution is -2.30. The number of nitrogens with two attached hydrogens (primary N) is 1. The molecule has 2 atom stereocenters. The predicted molar refractivity (Wildman–Crippen MR) is 116 cm³/mol. The van der Waals surface area contributed by atoms with Crippen LogP contribution in [0.1, 0.15) is 34.1 Å². The van der Waals surface area contributed by atoms with Gasteiger partial charge in [-0.05, 0) is 48.4 Å². The number of likely N-dealkylation sites (tertiary alicyclic amines) is 1. The Hall–Kier alpha value is -3.94. The SMILES string of the molecule is Cc1ccc(-c2ccc(C(N)=O)o2)cc1NC(=O)C1CC(=O)N(C)C1c1cccc(F)c1. The molecule has 1 aromatic heterocycles. The van der Waals surface area contributed by atoms with E-state index in [0.717, 1.165) is 5.56 Å². The van der Waals surface area contributed by atoms with Crippen molar-refractivity contribution in [2.24, 2.45) is 11.7 Å². The Morgan fingerprint density at radius 1 is 1.16 bits per heavy atom. The zero-order valence-electron chi connectivity index (χ0n) is 17.6. The molecule has 0 spiro atoms. The third-order valence-corrected chi connectivity index (χ3v) is 5.74. The number of hydrogen-bond acceptors (Lipinski definition) is 4. The lowest BCUT2D eigenvalue weighted by atomic mass is 9.92. The summed E-state index contributed by atoms with van der Waals surface area (Å²) >= 11 is 0. The molecule has 2 heterocycles. The number of carbonyl (C=O) groups is 3.